The molecular weight excluding hydrogens is 210 g/mol. The minimum absolute atomic E-state index is 0.510. The average Bonchev–Trinajstić information content (AvgIpc) is 2.15. The Labute approximate surface area is 105 Å². The van der Waals surface area contributed by atoms with Gasteiger partial charge in [-0.05, 0) is 36.3 Å². The number of aliphatic hydroxyl groups is 1. The Morgan fingerprint density at radius 1 is 1.18 bits per heavy atom. The zero-order chi connectivity index (χ0) is 12.9. The number of rotatable bonds is 6. The van der Waals surface area contributed by atoms with E-state index in [9.17, 15) is 5.11 Å². The van der Waals surface area contributed by atoms with Gasteiger partial charge in [-0.2, -0.15) is 0 Å². The second-order valence-electron chi connectivity index (χ2n) is 5.96. The molecule has 1 N–H and O–H groups in total. The van der Waals surface area contributed by atoms with Crippen molar-refractivity contribution in [3.05, 3.63) is 30.1 Å². The molecule has 1 heterocycles. The van der Waals surface area contributed by atoms with Crippen LogP contribution < -0.4 is 0 Å². The zero-order valence-electron chi connectivity index (χ0n) is 11.5. The van der Waals surface area contributed by atoms with Crippen LogP contribution in [-0.2, 0) is 6.42 Å². The molecule has 0 unspecified atom stereocenters. The minimum Gasteiger partial charge on any atom is -0.390 e. The van der Waals surface area contributed by atoms with E-state index in [0.717, 1.165) is 18.4 Å². The predicted octanol–water partition coefficient (Wildman–Crippen LogP) is 3.45. The Morgan fingerprint density at radius 3 is 2.18 bits per heavy atom. The fourth-order valence-corrected chi connectivity index (χ4v) is 2.63. The maximum atomic E-state index is 10.8. The van der Waals surface area contributed by atoms with E-state index in [4.69, 9.17) is 0 Å². The van der Waals surface area contributed by atoms with Gasteiger partial charge in [0.15, 0.2) is 0 Å². The highest BCUT2D eigenvalue weighted by molar-refractivity contribution is 5.12. The molecule has 0 saturated carbocycles. The molecule has 0 bridgehead atoms. The van der Waals surface area contributed by atoms with E-state index in [1.54, 1.807) is 6.20 Å². The van der Waals surface area contributed by atoms with Crippen LogP contribution in [-0.4, -0.2) is 15.7 Å². The SMILES string of the molecule is CC(C)CC(O)(Cc1cccnc1)CC(C)C. The van der Waals surface area contributed by atoms with Gasteiger partial charge in [-0.25, -0.2) is 0 Å². The first-order valence-electron chi connectivity index (χ1n) is 6.52. The topological polar surface area (TPSA) is 33.1 Å². The van der Waals surface area contributed by atoms with Crippen molar-refractivity contribution in [2.75, 3.05) is 0 Å². The van der Waals surface area contributed by atoms with Crippen LogP contribution in [0, 0.1) is 11.8 Å². The van der Waals surface area contributed by atoms with Gasteiger partial charge in [0.25, 0.3) is 0 Å². The summed E-state index contributed by atoms with van der Waals surface area (Å²) in [5.74, 6) is 1.02. The molecular formula is C15H25NO. The summed E-state index contributed by atoms with van der Waals surface area (Å²) in [6, 6.07) is 3.97. The number of aromatic nitrogens is 1. The van der Waals surface area contributed by atoms with Gasteiger partial charge in [-0.1, -0.05) is 33.8 Å². The van der Waals surface area contributed by atoms with Crippen LogP contribution in [0.1, 0.15) is 46.1 Å². The Balaban J connectivity index is 2.76. The highest BCUT2D eigenvalue weighted by atomic mass is 16.3. The Bertz CT molecular complexity index is 309. The molecule has 96 valence electrons. The van der Waals surface area contributed by atoms with Crippen LogP contribution in [0.3, 0.4) is 0 Å². The molecule has 2 heteroatoms. The van der Waals surface area contributed by atoms with E-state index in [1.165, 1.54) is 0 Å². The van der Waals surface area contributed by atoms with E-state index in [2.05, 4.69) is 32.7 Å². The second-order valence-corrected chi connectivity index (χ2v) is 5.96. The summed E-state index contributed by atoms with van der Waals surface area (Å²) in [5.41, 5.74) is 0.530. The molecule has 1 aromatic heterocycles. The Morgan fingerprint density at radius 2 is 1.76 bits per heavy atom. The summed E-state index contributed by atoms with van der Waals surface area (Å²) in [6.45, 7) is 8.64. The van der Waals surface area contributed by atoms with Crippen LogP contribution in [0.25, 0.3) is 0 Å². The third-order valence-electron chi connectivity index (χ3n) is 2.83. The van der Waals surface area contributed by atoms with Crippen LogP contribution >= 0.6 is 0 Å². The van der Waals surface area contributed by atoms with Crippen LogP contribution in [0.2, 0.25) is 0 Å². The molecule has 1 aromatic rings. The highest BCUT2D eigenvalue weighted by Gasteiger charge is 2.29. The lowest BCUT2D eigenvalue weighted by atomic mass is 9.81. The smallest absolute Gasteiger partial charge is 0.0693 e. The van der Waals surface area contributed by atoms with Crippen molar-refractivity contribution in [1.82, 2.24) is 4.98 Å². The summed E-state index contributed by atoms with van der Waals surface area (Å²) in [4.78, 5) is 4.12. The van der Waals surface area contributed by atoms with Gasteiger partial charge in [0, 0.05) is 18.8 Å². The molecule has 0 atom stereocenters. The normalized spacial score (nSPS) is 12.4. The van der Waals surface area contributed by atoms with Crippen molar-refractivity contribution in [3.63, 3.8) is 0 Å². The van der Waals surface area contributed by atoms with Gasteiger partial charge >= 0.3 is 0 Å². The second kappa shape index (κ2) is 6.15. The third kappa shape index (κ3) is 5.31. The van der Waals surface area contributed by atoms with Gasteiger partial charge in [0.2, 0.25) is 0 Å². The molecule has 0 aliphatic carbocycles. The largest absolute Gasteiger partial charge is 0.390 e. The first kappa shape index (κ1) is 14.2. The van der Waals surface area contributed by atoms with Crippen LogP contribution in [0.5, 0.6) is 0 Å². The van der Waals surface area contributed by atoms with Gasteiger partial charge in [-0.3, -0.25) is 4.98 Å². The molecule has 0 aromatic carbocycles. The Kier molecular flexibility index (Phi) is 5.13. The average molecular weight is 235 g/mol. The summed E-state index contributed by atoms with van der Waals surface area (Å²) in [6.07, 6.45) is 6.02. The van der Waals surface area contributed by atoms with Crippen molar-refractivity contribution >= 4 is 0 Å². The number of hydrogen-bond donors (Lipinski definition) is 1. The monoisotopic (exact) mass is 235 g/mol. The fraction of sp³-hybridized carbons (Fsp3) is 0.667. The van der Waals surface area contributed by atoms with E-state index in [-0.39, 0.29) is 0 Å². The van der Waals surface area contributed by atoms with Crippen molar-refractivity contribution in [2.24, 2.45) is 11.8 Å². The van der Waals surface area contributed by atoms with E-state index >= 15 is 0 Å². The number of nitrogens with zero attached hydrogens (tertiary/aromatic N) is 1. The van der Waals surface area contributed by atoms with Gasteiger partial charge in [-0.15, -0.1) is 0 Å². The maximum absolute atomic E-state index is 10.8. The van der Waals surface area contributed by atoms with Gasteiger partial charge < -0.3 is 5.11 Å². The molecule has 0 radical (unpaired) electrons. The first-order valence-corrected chi connectivity index (χ1v) is 6.52. The summed E-state index contributed by atoms with van der Waals surface area (Å²) in [5, 5.41) is 10.8. The van der Waals surface area contributed by atoms with Crippen LogP contribution in [0.4, 0.5) is 0 Å². The summed E-state index contributed by atoms with van der Waals surface area (Å²) < 4.78 is 0. The standard InChI is InChI=1S/C15H25NO/c1-12(2)8-15(17,9-13(3)4)10-14-6-5-7-16-11-14/h5-7,11-13,17H,8-10H2,1-4H3. The lowest BCUT2D eigenvalue weighted by Crippen LogP contribution is -2.34. The van der Waals surface area contributed by atoms with E-state index in [1.807, 2.05) is 18.3 Å². The maximum Gasteiger partial charge on any atom is 0.0693 e. The zero-order valence-corrected chi connectivity index (χ0v) is 11.5. The van der Waals surface area contributed by atoms with E-state index in [0.29, 0.717) is 18.3 Å². The summed E-state index contributed by atoms with van der Waals surface area (Å²) in [7, 11) is 0. The number of pyridine rings is 1. The van der Waals surface area contributed by atoms with Crippen molar-refractivity contribution in [1.29, 1.82) is 0 Å². The molecule has 0 amide bonds. The molecule has 0 aliphatic rings. The molecule has 0 aliphatic heterocycles. The number of hydrogen-bond acceptors (Lipinski definition) is 2. The molecule has 1 rings (SSSR count). The highest BCUT2D eigenvalue weighted by Crippen LogP contribution is 2.28. The van der Waals surface area contributed by atoms with Gasteiger partial charge in [0.1, 0.15) is 0 Å². The van der Waals surface area contributed by atoms with Crippen LogP contribution in [0.15, 0.2) is 24.5 Å². The fourth-order valence-electron chi connectivity index (χ4n) is 2.63. The Hall–Kier alpha value is -0.890. The third-order valence-corrected chi connectivity index (χ3v) is 2.83. The van der Waals surface area contributed by atoms with Crippen molar-refractivity contribution < 1.29 is 5.11 Å². The molecule has 0 spiro atoms. The van der Waals surface area contributed by atoms with Crippen molar-refractivity contribution in [3.8, 4) is 0 Å². The predicted molar refractivity (Wildman–Crippen MR) is 71.8 cm³/mol. The lowest BCUT2D eigenvalue weighted by Gasteiger charge is -2.31. The summed E-state index contributed by atoms with van der Waals surface area (Å²) >= 11 is 0. The quantitative estimate of drug-likeness (QED) is 0.819. The van der Waals surface area contributed by atoms with Crippen molar-refractivity contribution in [2.45, 2.75) is 52.6 Å². The first-order chi connectivity index (χ1) is 7.91. The lowest BCUT2D eigenvalue weighted by molar-refractivity contribution is 0.000681. The molecule has 0 fully saturated rings. The molecule has 2 nitrogen and oxygen atoms in total. The minimum atomic E-state index is -0.592. The molecule has 0 saturated heterocycles. The molecule has 17 heavy (non-hydrogen) atoms. The van der Waals surface area contributed by atoms with E-state index < -0.39 is 5.60 Å². The van der Waals surface area contributed by atoms with Gasteiger partial charge in [0.05, 0.1) is 5.60 Å².